The summed E-state index contributed by atoms with van der Waals surface area (Å²) in [5.74, 6) is 0. The SMILES string of the molecule is CC(C)(C)[CH]c1cc(/C(Cl)=N\O)ccc1Cl. The standard InChI is InChI=1S/C12H14Cl2NO/c1-12(2,3)7-9-6-8(11(14)15-16)4-5-10(9)13/h4-7,16H,1-3H3/b15-11+. The molecule has 4 heteroatoms. The maximum atomic E-state index is 8.59. The van der Waals surface area contributed by atoms with Crippen molar-refractivity contribution in [3.8, 4) is 0 Å². The lowest BCUT2D eigenvalue weighted by molar-refractivity contribution is 0.321. The molecule has 0 aromatic heterocycles. The van der Waals surface area contributed by atoms with Crippen molar-refractivity contribution in [1.82, 2.24) is 0 Å². The first-order valence-corrected chi connectivity index (χ1v) is 5.62. The second-order valence-corrected chi connectivity index (χ2v) is 5.40. The summed E-state index contributed by atoms with van der Waals surface area (Å²) in [6.45, 7) is 6.24. The van der Waals surface area contributed by atoms with Gasteiger partial charge in [0.05, 0.1) is 0 Å². The van der Waals surface area contributed by atoms with Crippen LogP contribution in [0, 0.1) is 11.8 Å². The lowest BCUT2D eigenvalue weighted by Crippen LogP contribution is -2.07. The molecule has 0 saturated carbocycles. The molecule has 1 radical (unpaired) electrons. The Labute approximate surface area is 106 Å². The molecule has 0 atom stereocenters. The highest BCUT2D eigenvalue weighted by atomic mass is 35.5. The van der Waals surface area contributed by atoms with E-state index < -0.39 is 0 Å². The van der Waals surface area contributed by atoms with Gasteiger partial charge in [-0.1, -0.05) is 55.2 Å². The molecular formula is C12H14Cl2NO. The Morgan fingerprint density at radius 1 is 1.38 bits per heavy atom. The van der Waals surface area contributed by atoms with E-state index in [1.165, 1.54) is 0 Å². The molecule has 0 heterocycles. The van der Waals surface area contributed by atoms with Crippen LogP contribution in [0.4, 0.5) is 0 Å². The van der Waals surface area contributed by atoms with E-state index >= 15 is 0 Å². The molecule has 1 aromatic rings. The van der Waals surface area contributed by atoms with Crippen LogP contribution < -0.4 is 0 Å². The third kappa shape index (κ3) is 3.69. The molecule has 0 aliphatic heterocycles. The van der Waals surface area contributed by atoms with Crippen LogP contribution in [0.3, 0.4) is 0 Å². The van der Waals surface area contributed by atoms with Crippen LogP contribution in [-0.4, -0.2) is 10.4 Å². The Kier molecular flexibility index (Phi) is 4.22. The molecule has 0 bridgehead atoms. The monoisotopic (exact) mass is 258 g/mol. The minimum absolute atomic E-state index is 0.0189. The maximum Gasteiger partial charge on any atom is 0.175 e. The zero-order chi connectivity index (χ0) is 12.3. The normalized spacial score (nSPS) is 12.9. The molecular weight excluding hydrogens is 245 g/mol. The Bertz CT molecular complexity index is 408. The Morgan fingerprint density at radius 2 is 2.00 bits per heavy atom. The van der Waals surface area contributed by atoms with E-state index in [1.54, 1.807) is 18.2 Å². The van der Waals surface area contributed by atoms with Gasteiger partial charge >= 0.3 is 0 Å². The summed E-state index contributed by atoms with van der Waals surface area (Å²) in [4.78, 5) is 0. The van der Waals surface area contributed by atoms with E-state index in [9.17, 15) is 0 Å². The summed E-state index contributed by atoms with van der Waals surface area (Å²) in [6.07, 6.45) is 2.04. The Balaban J connectivity index is 3.09. The van der Waals surface area contributed by atoms with Gasteiger partial charge in [0.25, 0.3) is 0 Å². The van der Waals surface area contributed by atoms with Crippen LogP contribution in [0.1, 0.15) is 31.9 Å². The number of oxime groups is 1. The summed E-state index contributed by atoms with van der Waals surface area (Å²) < 4.78 is 0. The van der Waals surface area contributed by atoms with Gasteiger partial charge in [0.1, 0.15) is 0 Å². The molecule has 0 aliphatic carbocycles. The quantitative estimate of drug-likeness (QED) is 0.479. The second kappa shape index (κ2) is 5.07. The van der Waals surface area contributed by atoms with Gasteiger partial charge in [-0.15, -0.1) is 0 Å². The summed E-state index contributed by atoms with van der Waals surface area (Å²) in [5.41, 5.74) is 1.54. The molecule has 1 rings (SSSR count). The van der Waals surface area contributed by atoms with Crippen molar-refractivity contribution in [1.29, 1.82) is 0 Å². The van der Waals surface area contributed by atoms with E-state index in [0.29, 0.717) is 10.6 Å². The van der Waals surface area contributed by atoms with Gasteiger partial charge in [-0.25, -0.2) is 0 Å². The number of rotatable bonds is 2. The van der Waals surface area contributed by atoms with Gasteiger partial charge < -0.3 is 5.21 Å². The van der Waals surface area contributed by atoms with E-state index in [-0.39, 0.29) is 10.6 Å². The first-order chi connectivity index (χ1) is 7.33. The number of hydrogen-bond acceptors (Lipinski definition) is 2. The van der Waals surface area contributed by atoms with Crippen LogP contribution in [0.25, 0.3) is 0 Å². The van der Waals surface area contributed by atoms with Crippen molar-refractivity contribution in [2.45, 2.75) is 20.8 Å². The Morgan fingerprint density at radius 3 is 2.50 bits per heavy atom. The van der Waals surface area contributed by atoms with Gasteiger partial charge in [0, 0.05) is 10.6 Å². The Hall–Kier alpha value is -0.730. The fraction of sp³-hybridized carbons (Fsp3) is 0.333. The zero-order valence-corrected chi connectivity index (χ0v) is 11.0. The van der Waals surface area contributed by atoms with Crippen molar-refractivity contribution in [2.75, 3.05) is 0 Å². The zero-order valence-electron chi connectivity index (χ0n) is 9.46. The predicted octanol–water partition coefficient (Wildman–Crippen LogP) is 4.31. The number of benzene rings is 1. The fourth-order valence-electron chi connectivity index (χ4n) is 1.31. The van der Waals surface area contributed by atoms with E-state index in [1.807, 2.05) is 6.42 Å². The van der Waals surface area contributed by atoms with Crippen molar-refractivity contribution in [3.63, 3.8) is 0 Å². The van der Waals surface area contributed by atoms with E-state index in [2.05, 4.69) is 25.9 Å². The second-order valence-electron chi connectivity index (χ2n) is 4.64. The highest BCUT2D eigenvalue weighted by molar-refractivity contribution is 6.69. The van der Waals surface area contributed by atoms with Crippen LogP contribution in [0.15, 0.2) is 23.4 Å². The average molecular weight is 259 g/mol. The fourth-order valence-corrected chi connectivity index (χ4v) is 1.60. The molecule has 0 spiro atoms. The number of halogens is 2. The summed E-state index contributed by atoms with van der Waals surface area (Å²) in [7, 11) is 0. The molecule has 1 N–H and O–H groups in total. The minimum atomic E-state index is 0.0189. The topological polar surface area (TPSA) is 32.6 Å². The van der Waals surface area contributed by atoms with Gasteiger partial charge in [-0.2, -0.15) is 0 Å². The van der Waals surface area contributed by atoms with Crippen molar-refractivity contribution >= 4 is 28.4 Å². The molecule has 0 saturated heterocycles. The molecule has 0 fully saturated rings. The van der Waals surface area contributed by atoms with Gasteiger partial charge in [0.2, 0.25) is 0 Å². The summed E-state index contributed by atoms with van der Waals surface area (Å²) >= 11 is 11.8. The highest BCUT2D eigenvalue weighted by Crippen LogP contribution is 2.29. The first-order valence-electron chi connectivity index (χ1n) is 4.87. The van der Waals surface area contributed by atoms with Crippen LogP contribution in [-0.2, 0) is 0 Å². The van der Waals surface area contributed by atoms with Crippen LogP contribution >= 0.6 is 23.2 Å². The largest absolute Gasteiger partial charge is 0.410 e. The lowest BCUT2D eigenvalue weighted by Gasteiger charge is -2.18. The molecule has 87 valence electrons. The smallest absolute Gasteiger partial charge is 0.175 e. The first kappa shape index (κ1) is 13.3. The summed E-state index contributed by atoms with van der Waals surface area (Å²) in [6, 6.07) is 5.25. The highest BCUT2D eigenvalue weighted by Gasteiger charge is 2.15. The van der Waals surface area contributed by atoms with Crippen LogP contribution in [0.5, 0.6) is 0 Å². The van der Waals surface area contributed by atoms with Crippen molar-refractivity contribution < 1.29 is 5.21 Å². The third-order valence-corrected chi connectivity index (χ3v) is 2.55. The molecule has 0 unspecified atom stereocenters. The van der Waals surface area contributed by atoms with Crippen molar-refractivity contribution in [3.05, 3.63) is 40.8 Å². The third-order valence-electron chi connectivity index (χ3n) is 1.91. The molecule has 16 heavy (non-hydrogen) atoms. The van der Waals surface area contributed by atoms with E-state index in [0.717, 1.165) is 5.56 Å². The van der Waals surface area contributed by atoms with Gasteiger partial charge in [0.15, 0.2) is 5.17 Å². The predicted molar refractivity (Wildman–Crippen MR) is 68.5 cm³/mol. The van der Waals surface area contributed by atoms with Crippen LogP contribution in [0.2, 0.25) is 5.02 Å². The van der Waals surface area contributed by atoms with Gasteiger partial charge in [-0.05, 0) is 29.5 Å². The lowest BCUT2D eigenvalue weighted by atomic mass is 9.87. The van der Waals surface area contributed by atoms with Crippen molar-refractivity contribution in [2.24, 2.45) is 10.6 Å². The number of nitrogens with zero attached hydrogens (tertiary/aromatic N) is 1. The summed E-state index contributed by atoms with van der Waals surface area (Å²) in [5, 5.41) is 12.3. The average Bonchev–Trinajstić information content (AvgIpc) is 2.18. The van der Waals surface area contributed by atoms with E-state index in [4.69, 9.17) is 28.4 Å². The maximum absolute atomic E-state index is 8.59. The molecule has 1 aromatic carbocycles. The number of hydrogen-bond donors (Lipinski definition) is 1. The minimum Gasteiger partial charge on any atom is -0.410 e. The molecule has 0 aliphatic rings. The molecule has 2 nitrogen and oxygen atoms in total. The van der Waals surface area contributed by atoms with Gasteiger partial charge in [-0.3, -0.25) is 0 Å². The molecule has 0 amide bonds.